The Bertz CT molecular complexity index is 1420. The Labute approximate surface area is 217 Å². The van der Waals surface area contributed by atoms with Gasteiger partial charge in [-0.3, -0.25) is 14.3 Å². The first-order chi connectivity index (χ1) is 16.8. The monoisotopic (exact) mass is 535 g/mol. The second-order valence-corrected chi connectivity index (χ2v) is 9.85. The molecule has 3 aromatic rings. The van der Waals surface area contributed by atoms with Crippen molar-refractivity contribution in [2.45, 2.75) is 41.2 Å². The van der Waals surface area contributed by atoms with E-state index in [2.05, 4.69) is 15.3 Å². The number of aromatic nitrogens is 3. The summed E-state index contributed by atoms with van der Waals surface area (Å²) in [5, 5.41) is 10.6. The molecule has 0 aromatic carbocycles. The van der Waals surface area contributed by atoms with Crippen molar-refractivity contribution in [3.8, 4) is 11.4 Å². The van der Waals surface area contributed by atoms with Crippen LogP contribution in [0, 0.1) is 36.3 Å². The number of allylic oxidation sites excluding steroid dienone is 1. The lowest BCUT2D eigenvalue weighted by Crippen LogP contribution is -2.24. The van der Waals surface area contributed by atoms with Crippen molar-refractivity contribution in [2.24, 2.45) is 5.41 Å². The molecule has 0 amide bonds. The lowest BCUT2D eigenvalue weighted by molar-refractivity contribution is 0.300. The van der Waals surface area contributed by atoms with E-state index < -0.39 is 17.2 Å². The minimum atomic E-state index is -0.765. The Morgan fingerprint density at radius 1 is 1.19 bits per heavy atom. The van der Waals surface area contributed by atoms with E-state index in [1.807, 2.05) is 20.8 Å². The van der Waals surface area contributed by atoms with Gasteiger partial charge in [0.25, 0.3) is 5.56 Å². The van der Waals surface area contributed by atoms with Crippen LogP contribution >= 0.6 is 23.2 Å². The predicted molar refractivity (Wildman–Crippen MR) is 138 cm³/mol. The van der Waals surface area contributed by atoms with E-state index in [-0.39, 0.29) is 45.0 Å². The molecule has 0 saturated heterocycles. The molecule has 3 aromatic heterocycles. The van der Waals surface area contributed by atoms with Gasteiger partial charge in [0.2, 0.25) is 0 Å². The first-order valence-electron chi connectivity index (χ1n) is 10.8. The van der Waals surface area contributed by atoms with E-state index in [1.165, 1.54) is 24.5 Å². The molecule has 190 valence electrons. The third kappa shape index (κ3) is 5.91. The normalized spacial score (nSPS) is 11.7. The van der Waals surface area contributed by atoms with Gasteiger partial charge in [0.15, 0.2) is 11.6 Å². The summed E-state index contributed by atoms with van der Waals surface area (Å²) >= 11 is 12.3. The summed E-state index contributed by atoms with van der Waals surface area (Å²) in [6, 6.07) is 2.58. The predicted octanol–water partition coefficient (Wildman–Crippen LogP) is 6.40. The van der Waals surface area contributed by atoms with Crippen LogP contribution in [0.25, 0.3) is 5.69 Å². The summed E-state index contributed by atoms with van der Waals surface area (Å²) < 4.78 is 35.5. The largest absolute Gasteiger partial charge is 0.485 e. The van der Waals surface area contributed by atoms with Crippen molar-refractivity contribution >= 4 is 34.7 Å². The fourth-order valence-electron chi connectivity index (χ4n) is 3.15. The van der Waals surface area contributed by atoms with E-state index >= 15 is 4.39 Å². The Balaban J connectivity index is 1.95. The number of nitrogens with zero attached hydrogens (tertiary/aromatic N) is 3. The molecule has 0 unspecified atom stereocenters. The molecule has 0 spiro atoms. The lowest BCUT2D eigenvalue weighted by Gasteiger charge is -2.18. The number of halogens is 4. The van der Waals surface area contributed by atoms with E-state index in [4.69, 9.17) is 33.3 Å². The molecule has 0 radical (unpaired) electrons. The molecule has 3 heterocycles. The number of hydrogen-bond acceptors (Lipinski definition) is 6. The number of rotatable bonds is 7. The number of anilines is 1. The first-order valence-corrected chi connectivity index (χ1v) is 11.6. The molecular weight excluding hydrogens is 511 g/mol. The zero-order chi connectivity index (χ0) is 26.8. The number of ether oxygens (including phenoxy) is 1. The maximum Gasteiger partial charge on any atom is 0.278 e. The highest BCUT2D eigenvalue weighted by molar-refractivity contribution is 6.32. The zero-order valence-electron chi connectivity index (χ0n) is 20.3. The SMILES string of the molecule is Cc1cnc(N/C=C\C(=N)C(C)(C)C)c(F)c1-n1c(C)cc(OCc2ncc(F)cc2Cl)c(Cl)c1=O. The highest BCUT2D eigenvalue weighted by Crippen LogP contribution is 2.29. The number of nitrogens with one attached hydrogen (secondary N) is 2. The van der Waals surface area contributed by atoms with Gasteiger partial charge in [0.1, 0.15) is 23.2 Å². The summed E-state index contributed by atoms with van der Waals surface area (Å²) in [7, 11) is 0. The fraction of sp³-hybridized carbons (Fsp3) is 0.280. The quantitative estimate of drug-likeness (QED) is 0.341. The van der Waals surface area contributed by atoms with Gasteiger partial charge in [-0.15, -0.1) is 0 Å². The molecule has 36 heavy (non-hydrogen) atoms. The maximum atomic E-state index is 15.5. The van der Waals surface area contributed by atoms with Gasteiger partial charge < -0.3 is 15.5 Å². The van der Waals surface area contributed by atoms with Gasteiger partial charge >= 0.3 is 0 Å². The Morgan fingerprint density at radius 3 is 2.53 bits per heavy atom. The molecule has 0 atom stereocenters. The summed E-state index contributed by atoms with van der Waals surface area (Å²) in [5.41, 5.74) is 0.263. The highest BCUT2D eigenvalue weighted by atomic mass is 35.5. The van der Waals surface area contributed by atoms with Crippen LogP contribution in [-0.4, -0.2) is 20.2 Å². The molecule has 0 saturated carbocycles. The van der Waals surface area contributed by atoms with Gasteiger partial charge in [0, 0.05) is 35.3 Å². The van der Waals surface area contributed by atoms with Crippen molar-refractivity contribution in [3.63, 3.8) is 0 Å². The van der Waals surface area contributed by atoms with Gasteiger partial charge in [-0.2, -0.15) is 0 Å². The van der Waals surface area contributed by atoms with E-state index in [0.717, 1.165) is 16.8 Å². The molecular formula is C25H25Cl2F2N5O2. The van der Waals surface area contributed by atoms with Gasteiger partial charge in [-0.1, -0.05) is 44.0 Å². The van der Waals surface area contributed by atoms with Gasteiger partial charge in [0.05, 0.1) is 22.6 Å². The smallest absolute Gasteiger partial charge is 0.278 e. The molecule has 0 bridgehead atoms. The van der Waals surface area contributed by atoms with Crippen LogP contribution in [0.1, 0.15) is 37.7 Å². The third-order valence-corrected chi connectivity index (χ3v) is 5.90. The highest BCUT2D eigenvalue weighted by Gasteiger charge is 2.21. The number of aryl methyl sites for hydroxylation is 2. The molecule has 7 nitrogen and oxygen atoms in total. The summed E-state index contributed by atoms with van der Waals surface area (Å²) in [6.45, 7) is 8.73. The van der Waals surface area contributed by atoms with Crippen molar-refractivity contribution in [2.75, 3.05) is 5.32 Å². The minimum absolute atomic E-state index is 0.0222. The maximum absolute atomic E-state index is 15.5. The van der Waals surface area contributed by atoms with Crippen LogP contribution in [0.4, 0.5) is 14.6 Å². The summed E-state index contributed by atoms with van der Waals surface area (Å²) in [4.78, 5) is 21.1. The van der Waals surface area contributed by atoms with E-state index in [1.54, 1.807) is 13.8 Å². The van der Waals surface area contributed by atoms with Gasteiger partial charge in [-0.05, 0) is 31.6 Å². The number of pyridine rings is 3. The Kier molecular flexibility index (Phi) is 8.15. The van der Waals surface area contributed by atoms with Crippen LogP contribution in [0.2, 0.25) is 10.0 Å². The van der Waals surface area contributed by atoms with Crippen molar-refractivity contribution in [1.82, 2.24) is 14.5 Å². The lowest BCUT2D eigenvalue weighted by atomic mass is 9.90. The standard InChI is InChI=1S/C25H25Cl2F2N5O2/c1-13-10-33-23(31-7-6-19(30)25(3,4)5)21(29)22(13)34-14(2)8-18(20(27)24(34)35)36-12-17-16(26)9-15(28)11-32-17/h6-11,30H,12H2,1-5H3,(H,31,33)/b7-6-,30-19?. The zero-order valence-corrected chi connectivity index (χ0v) is 21.9. The second-order valence-electron chi connectivity index (χ2n) is 9.07. The third-order valence-electron chi connectivity index (χ3n) is 5.23. The van der Waals surface area contributed by atoms with E-state index in [0.29, 0.717) is 17.0 Å². The van der Waals surface area contributed by atoms with E-state index in [9.17, 15) is 9.18 Å². The molecule has 0 aliphatic heterocycles. The molecule has 0 fully saturated rings. The minimum Gasteiger partial charge on any atom is -0.485 e. The van der Waals surface area contributed by atoms with Crippen LogP contribution in [0.15, 0.2) is 41.6 Å². The average Bonchev–Trinajstić information content (AvgIpc) is 2.79. The Hall–Kier alpha value is -3.30. The van der Waals surface area contributed by atoms with Crippen molar-refractivity contribution in [1.29, 1.82) is 5.41 Å². The molecule has 0 aliphatic carbocycles. The van der Waals surface area contributed by atoms with Crippen LogP contribution in [-0.2, 0) is 6.61 Å². The summed E-state index contributed by atoms with van der Waals surface area (Å²) in [5.74, 6) is -1.43. The molecule has 11 heteroatoms. The van der Waals surface area contributed by atoms with Crippen LogP contribution < -0.4 is 15.6 Å². The Morgan fingerprint density at radius 2 is 1.89 bits per heavy atom. The molecule has 2 N–H and O–H groups in total. The van der Waals surface area contributed by atoms with Crippen molar-refractivity contribution in [3.05, 3.63) is 85.8 Å². The molecule has 0 aliphatic rings. The topological polar surface area (TPSA) is 92.9 Å². The van der Waals surface area contributed by atoms with Crippen LogP contribution in [0.3, 0.4) is 0 Å². The van der Waals surface area contributed by atoms with Gasteiger partial charge in [-0.25, -0.2) is 13.8 Å². The second kappa shape index (κ2) is 10.8. The fourth-order valence-corrected chi connectivity index (χ4v) is 3.55. The number of hydrogen-bond donors (Lipinski definition) is 2. The van der Waals surface area contributed by atoms with Crippen LogP contribution in [0.5, 0.6) is 5.75 Å². The molecule has 3 rings (SSSR count). The van der Waals surface area contributed by atoms with Crippen molar-refractivity contribution < 1.29 is 13.5 Å². The first kappa shape index (κ1) is 27.3. The summed E-state index contributed by atoms with van der Waals surface area (Å²) in [6.07, 6.45) is 5.36. The average molecular weight is 536 g/mol.